The third kappa shape index (κ3) is 9.97. The summed E-state index contributed by atoms with van der Waals surface area (Å²) in [5.41, 5.74) is 14.0. The zero-order valence-electron chi connectivity index (χ0n) is 28.2. The average Bonchev–Trinajstić information content (AvgIpc) is 3.15. The van der Waals surface area contributed by atoms with Crippen LogP contribution in [-0.2, 0) is 22.6 Å². The van der Waals surface area contributed by atoms with Crippen LogP contribution in [0, 0.1) is 0 Å². The Balaban J connectivity index is 1.23. The molecule has 0 saturated carbocycles. The number of fused-ring (bicyclic) bond motifs is 1. The van der Waals surface area contributed by atoms with Gasteiger partial charge in [0.1, 0.15) is 12.1 Å². The second-order valence-electron chi connectivity index (χ2n) is 11.8. The molecule has 3 amide bonds. The molecule has 3 aromatic carbocycles. The highest BCUT2D eigenvalue weighted by molar-refractivity contribution is 6.04. The molecule has 0 radical (unpaired) electrons. The molecule has 0 fully saturated rings. The van der Waals surface area contributed by atoms with Gasteiger partial charge in [-0.15, -0.1) is 0 Å². The van der Waals surface area contributed by atoms with E-state index in [4.69, 9.17) is 11.5 Å². The molecule has 2 aromatic heterocycles. The van der Waals surface area contributed by atoms with E-state index in [0.29, 0.717) is 22.5 Å². The highest BCUT2D eigenvalue weighted by Gasteiger charge is 2.27. The van der Waals surface area contributed by atoms with Crippen molar-refractivity contribution in [1.29, 1.82) is 0 Å². The van der Waals surface area contributed by atoms with Gasteiger partial charge in [-0.25, -0.2) is 19.6 Å². The van der Waals surface area contributed by atoms with Crippen LogP contribution in [0.2, 0.25) is 0 Å². The van der Waals surface area contributed by atoms with Crippen LogP contribution in [0.15, 0.2) is 85.1 Å². The molecule has 5 rings (SSSR count). The molecule has 0 spiro atoms. The number of carboxylic acids is 2. The van der Waals surface area contributed by atoms with Crippen molar-refractivity contribution in [2.45, 2.75) is 37.9 Å². The maximum atomic E-state index is 13.5. The minimum Gasteiger partial charge on any atom is -0.480 e. The predicted molar refractivity (Wildman–Crippen MR) is 194 cm³/mol. The van der Waals surface area contributed by atoms with Crippen LogP contribution < -0.4 is 32.7 Å². The lowest BCUT2D eigenvalue weighted by Crippen LogP contribution is -2.52. The third-order valence-electron chi connectivity index (χ3n) is 8.00. The van der Waals surface area contributed by atoms with Crippen molar-refractivity contribution in [2.75, 3.05) is 23.3 Å². The molecule has 10 N–H and O–H groups in total. The summed E-state index contributed by atoms with van der Waals surface area (Å²) in [7, 11) is 0. The van der Waals surface area contributed by atoms with Crippen LogP contribution in [-0.4, -0.2) is 78.4 Å². The summed E-state index contributed by atoms with van der Waals surface area (Å²) in [6.07, 6.45) is 1.73. The number of hydrogen-bond acceptors (Lipinski definition) is 12. The minimum absolute atomic E-state index is 0.0104. The van der Waals surface area contributed by atoms with Crippen LogP contribution in [0.25, 0.3) is 11.2 Å². The molecule has 0 aliphatic rings. The number of hydrogen-bond donors (Lipinski definition) is 8. The number of nitrogens with zero attached hydrogens (tertiary/aromatic N) is 4. The van der Waals surface area contributed by atoms with Gasteiger partial charge in [0, 0.05) is 24.2 Å². The topological polar surface area (TPSA) is 278 Å². The fourth-order valence-electron chi connectivity index (χ4n) is 5.30. The molecule has 2 heterocycles. The number of carbonyl (C=O) groups is 5. The Bertz CT molecular complexity index is 2130. The normalized spacial score (nSPS) is 11.9. The van der Waals surface area contributed by atoms with E-state index in [0.717, 1.165) is 0 Å². The van der Waals surface area contributed by atoms with Gasteiger partial charge in [0.15, 0.2) is 17.0 Å². The number of benzene rings is 3. The third-order valence-corrected chi connectivity index (χ3v) is 8.00. The summed E-state index contributed by atoms with van der Waals surface area (Å²) in [6.45, 7) is 0.293. The number of aromatic carboxylic acids is 1. The van der Waals surface area contributed by atoms with E-state index in [1.165, 1.54) is 30.5 Å². The van der Waals surface area contributed by atoms with Gasteiger partial charge in [-0.1, -0.05) is 42.5 Å². The Labute approximate surface area is 302 Å². The second-order valence-corrected chi connectivity index (χ2v) is 11.8. The van der Waals surface area contributed by atoms with Crippen molar-refractivity contribution >= 4 is 58.3 Å². The van der Waals surface area contributed by atoms with Crippen LogP contribution >= 0.6 is 0 Å². The molecule has 0 bridgehead atoms. The highest BCUT2D eigenvalue weighted by atomic mass is 16.4. The van der Waals surface area contributed by atoms with Gasteiger partial charge in [0.05, 0.1) is 29.6 Å². The zero-order chi connectivity index (χ0) is 37.9. The zero-order valence-corrected chi connectivity index (χ0v) is 28.2. The van der Waals surface area contributed by atoms with E-state index >= 15 is 0 Å². The predicted octanol–water partition coefficient (Wildman–Crippen LogP) is 2.02. The largest absolute Gasteiger partial charge is 0.480 e. The van der Waals surface area contributed by atoms with Crippen LogP contribution in [0.4, 0.5) is 17.5 Å². The van der Waals surface area contributed by atoms with Crippen molar-refractivity contribution in [2.24, 2.45) is 0 Å². The molecular weight excluding hydrogens is 684 g/mol. The molecule has 0 aliphatic carbocycles. The van der Waals surface area contributed by atoms with Gasteiger partial charge in [-0.05, 0) is 54.8 Å². The Morgan fingerprint density at radius 3 is 2.15 bits per heavy atom. The van der Waals surface area contributed by atoms with Crippen molar-refractivity contribution < 1.29 is 34.2 Å². The van der Waals surface area contributed by atoms with Gasteiger partial charge in [0.25, 0.3) is 11.8 Å². The number of nitrogen functional groups attached to an aromatic ring is 2. The molecule has 0 aliphatic heterocycles. The smallest absolute Gasteiger partial charge is 0.336 e. The number of nitrogens with one attached hydrogen (secondary N) is 4. The number of rotatable bonds is 16. The standard InChI is InChI=1S/C36H36N10O7/c37-29-28-30(46-36(38)45-29)41-19-23(42-28)18-40-22-14-12-21(13-15-22)31(47)43-26(33(49)44-27(35(52)53)17-20-7-2-1-3-8-20)11-6-16-39-32(48)24-9-4-5-10-25(24)34(50)51/h1-5,7-10,12-15,19,26-27,40H,6,11,16-18H2,(H,39,48)(H,43,47)(H,44,49)(H,50,51)(H,52,53)(H4,37,38,41,45,46)/t26-,27-/m0/s1. The van der Waals surface area contributed by atoms with Gasteiger partial charge in [-0.2, -0.15) is 9.97 Å². The van der Waals surface area contributed by atoms with Crippen molar-refractivity contribution in [3.8, 4) is 0 Å². The van der Waals surface area contributed by atoms with Crippen LogP contribution in [0.5, 0.6) is 0 Å². The van der Waals surface area contributed by atoms with Gasteiger partial charge in [0.2, 0.25) is 11.9 Å². The fourth-order valence-corrected chi connectivity index (χ4v) is 5.30. The molecule has 17 heteroatoms. The summed E-state index contributed by atoms with van der Waals surface area (Å²) >= 11 is 0. The first-order valence-electron chi connectivity index (χ1n) is 16.4. The first-order chi connectivity index (χ1) is 25.5. The monoisotopic (exact) mass is 720 g/mol. The van der Waals surface area contributed by atoms with Crippen molar-refractivity contribution in [1.82, 2.24) is 35.9 Å². The average molecular weight is 721 g/mol. The van der Waals surface area contributed by atoms with E-state index < -0.39 is 41.7 Å². The molecule has 0 saturated heterocycles. The second kappa shape index (κ2) is 17.2. The Morgan fingerprint density at radius 1 is 0.755 bits per heavy atom. The maximum Gasteiger partial charge on any atom is 0.336 e. The summed E-state index contributed by atoms with van der Waals surface area (Å²) in [6, 6.07) is 18.4. The lowest BCUT2D eigenvalue weighted by molar-refractivity contribution is -0.142. The Kier molecular flexibility index (Phi) is 12.0. The molecular formula is C36H36N10O7. The number of aromatic nitrogens is 4. The Hall–Kier alpha value is -7.17. The molecule has 5 aromatic rings. The molecule has 53 heavy (non-hydrogen) atoms. The number of amides is 3. The van der Waals surface area contributed by atoms with E-state index in [9.17, 15) is 34.2 Å². The summed E-state index contributed by atoms with van der Waals surface area (Å²) in [5.74, 6) is -4.36. The summed E-state index contributed by atoms with van der Waals surface area (Å²) < 4.78 is 0. The minimum atomic E-state index is -1.28. The van der Waals surface area contributed by atoms with Crippen molar-refractivity contribution in [3.63, 3.8) is 0 Å². The molecule has 0 unspecified atom stereocenters. The summed E-state index contributed by atoms with van der Waals surface area (Å²) in [5, 5.41) is 30.3. The number of carboxylic acid groups (broad SMARTS) is 2. The summed E-state index contributed by atoms with van der Waals surface area (Å²) in [4.78, 5) is 79.8. The first-order valence-corrected chi connectivity index (χ1v) is 16.4. The lowest BCUT2D eigenvalue weighted by Gasteiger charge is -2.22. The van der Waals surface area contributed by atoms with Gasteiger partial charge < -0.3 is 42.9 Å². The molecule has 272 valence electrons. The number of nitrogens with two attached hydrogens (primary N) is 2. The number of aliphatic carboxylic acids is 1. The quantitative estimate of drug-likeness (QED) is 0.0678. The first kappa shape index (κ1) is 37.1. The molecule has 17 nitrogen and oxygen atoms in total. The number of anilines is 3. The van der Waals surface area contributed by atoms with E-state index in [-0.39, 0.29) is 66.5 Å². The number of carbonyl (C=O) groups excluding carboxylic acids is 3. The SMILES string of the molecule is Nc1nc(N)c2nc(CNc3ccc(C(=O)N[C@@H](CCCNC(=O)c4ccccc4C(=O)O)C(=O)N[C@@H](Cc4ccccc4)C(=O)O)cc3)cnc2n1. The van der Waals surface area contributed by atoms with Crippen molar-refractivity contribution in [3.05, 3.63) is 113 Å². The maximum absolute atomic E-state index is 13.5. The highest BCUT2D eigenvalue weighted by Crippen LogP contribution is 2.17. The van der Waals surface area contributed by atoms with E-state index in [2.05, 4.69) is 41.2 Å². The van der Waals surface area contributed by atoms with E-state index in [1.807, 2.05) is 0 Å². The van der Waals surface area contributed by atoms with E-state index in [1.54, 1.807) is 54.6 Å². The fraction of sp³-hybridized carbons (Fsp3) is 0.194. The van der Waals surface area contributed by atoms with Gasteiger partial charge >= 0.3 is 11.9 Å². The molecule has 2 atom stereocenters. The Morgan fingerprint density at radius 2 is 1.45 bits per heavy atom. The van der Waals surface area contributed by atoms with Gasteiger partial charge in [-0.3, -0.25) is 14.4 Å². The lowest BCUT2D eigenvalue weighted by atomic mass is 10.0. The van der Waals surface area contributed by atoms with Crippen LogP contribution in [0.1, 0.15) is 55.2 Å². The van der Waals surface area contributed by atoms with Crippen LogP contribution in [0.3, 0.4) is 0 Å².